The quantitative estimate of drug-likeness (QED) is 0.594. The molecule has 3 N–H and O–H groups in total. The summed E-state index contributed by atoms with van der Waals surface area (Å²) in [5, 5.41) is 23.8. The molecule has 1 aromatic heterocycles. The normalized spacial score (nSPS) is 10.5. The predicted octanol–water partition coefficient (Wildman–Crippen LogP) is 2.09. The van der Waals surface area contributed by atoms with E-state index in [1.54, 1.807) is 0 Å². The lowest BCUT2D eigenvalue weighted by molar-refractivity contribution is -0.116. The van der Waals surface area contributed by atoms with E-state index in [1.807, 2.05) is 42.5 Å². The first-order chi connectivity index (χ1) is 12.1. The van der Waals surface area contributed by atoms with Crippen molar-refractivity contribution in [2.24, 2.45) is 0 Å². The smallest absolute Gasteiger partial charge is 0.295 e. The third kappa shape index (κ3) is 4.63. The first kappa shape index (κ1) is 16.6. The molecule has 0 aliphatic rings. The molecule has 0 saturated heterocycles. The molecule has 0 saturated carbocycles. The molecule has 8 nitrogen and oxygen atoms in total. The van der Waals surface area contributed by atoms with Crippen LogP contribution in [0.2, 0.25) is 0 Å². The molecule has 3 aromatic rings. The Morgan fingerprint density at radius 1 is 1.04 bits per heavy atom. The van der Waals surface area contributed by atoms with E-state index in [0.29, 0.717) is 5.69 Å². The van der Waals surface area contributed by atoms with Crippen molar-refractivity contribution in [3.63, 3.8) is 0 Å². The molecule has 0 spiro atoms. The fraction of sp³-hybridized carbons (Fsp3) is 0.118. The highest BCUT2D eigenvalue weighted by Gasteiger charge is 2.09. The van der Waals surface area contributed by atoms with Crippen LogP contribution in [0, 0.1) is 0 Å². The third-order valence-electron chi connectivity index (χ3n) is 3.50. The van der Waals surface area contributed by atoms with Crippen LogP contribution in [0.25, 0.3) is 0 Å². The van der Waals surface area contributed by atoms with Crippen LogP contribution >= 0.6 is 0 Å². The van der Waals surface area contributed by atoms with Crippen LogP contribution < -0.4 is 10.5 Å². The van der Waals surface area contributed by atoms with Crippen LogP contribution in [0.3, 0.4) is 0 Å². The van der Waals surface area contributed by atoms with Gasteiger partial charge in [0.2, 0.25) is 5.91 Å². The lowest BCUT2D eigenvalue weighted by Crippen LogP contribution is -2.19. The van der Waals surface area contributed by atoms with E-state index in [0.717, 1.165) is 12.0 Å². The first-order valence-corrected chi connectivity index (χ1v) is 7.60. The zero-order chi connectivity index (χ0) is 17.6. The number of amides is 1. The van der Waals surface area contributed by atoms with Crippen molar-refractivity contribution in [1.82, 2.24) is 14.8 Å². The number of carbonyl (C=O) groups is 1. The minimum atomic E-state index is -0.307. The van der Waals surface area contributed by atoms with Gasteiger partial charge in [-0.05, 0) is 29.7 Å². The van der Waals surface area contributed by atoms with E-state index in [9.17, 15) is 4.79 Å². The highest BCUT2D eigenvalue weighted by molar-refractivity contribution is 5.90. The van der Waals surface area contributed by atoms with Crippen LogP contribution in [0.4, 0.5) is 11.6 Å². The molecule has 8 heteroatoms. The maximum absolute atomic E-state index is 12.0. The van der Waals surface area contributed by atoms with Gasteiger partial charge >= 0.3 is 0 Å². The van der Waals surface area contributed by atoms with Crippen molar-refractivity contribution < 1.29 is 15.2 Å². The Hall–Kier alpha value is -3.23. The number of benzene rings is 2. The molecule has 3 rings (SSSR count). The Kier molecular flexibility index (Phi) is 5.03. The van der Waals surface area contributed by atoms with Gasteiger partial charge in [-0.25, -0.2) is 4.68 Å². The second-order valence-corrected chi connectivity index (χ2v) is 5.44. The zero-order valence-corrected chi connectivity index (χ0v) is 13.3. The number of hydrogen-bond acceptors (Lipinski definition) is 6. The van der Waals surface area contributed by atoms with Crippen LogP contribution in [0.1, 0.15) is 11.1 Å². The molecular formula is C17H17N5O3. The van der Waals surface area contributed by atoms with Gasteiger partial charge in [-0.1, -0.05) is 47.7 Å². The monoisotopic (exact) mass is 339 g/mol. The highest BCUT2D eigenvalue weighted by atomic mass is 16.8. The maximum Gasteiger partial charge on any atom is 0.295 e. The van der Waals surface area contributed by atoms with Gasteiger partial charge in [0, 0.05) is 5.69 Å². The average Bonchev–Trinajstić information content (AvgIpc) is 3.06. The number of anilines is 2. The molecular weight excluding hydrogens is 322 g/mol. The van der Waals surface area contributed by atoms with Crippen molar-refractivity contribution in [3.05, 3.63) is 72.1 Å². The van der Waals surface area contributed by atoms with Crippen molar-refractivity contribution in [2.75, 3.05) is 10.5 Å². The van der Waals surface area contributed by atoms with Gasteiger partial charge in [0.15, 0.2) is 0 Å². The Bertz CT molecular complexity index is 831. The number of rotatable bonds is 6. The summed E-state index contributed by atoms with van der Waals surface area (Å²) in [5.41, 5.74) is 3.05. The molecule has 0 aliphatic heterocycles. The van der Waals surface area contributed by atoms with Gasteiger partial charge in [-0.3, -0.25) is 15.2 Å². The minimum Gasteiger partial charge on any atom is -0.324 e. The molecule has 1 heterocycles. The number of nitrogens with one attached hydrogen (secondary N) is 1. The highest BCUT2D eigenvalue weighted by Crippen LogP contribution is 2.13. The topological polar surface area (TPSA) is 104 Å². The van der Waals surface area contributed by atoms with E-state index in [4.69, 9.17) is 10.4 Å². The second kappa shape index (κ2) is 7.56. The van der Waals surface area contributed by atoms with Crippen molar-refractivity contribution in [1.29, 1.82) is 0 Å². The van der Waals surface area contributed by atoms with Crippen LogP contribution in [0.15, 0.2) is 60.9 Å². The summed E-state index contributed by atoms with van der Waals surface area (Å²) in [7, 11) is 0. The Morgan fingerprint density at radius 2 is 1.72 bits per heavy atom. The summed E-state index contributed by atoms with van der Waals surface area (Å²) in [6, 6.07) is 17.7. The van der Waals surface area contributed by atoms with Gasteiger partial charge in [0.1, 0.15) is 12.9 Å². The molecule has 0 radical (unpaired) electrons. The van der Waals surface area contributed by atoms with Crippen molar-refractivity contribution in [2.45, 2.75) is 13.0 Å². The summed E-state index contributed by atoms with van der Waals surface area (Å²) < 4.78 is 1.20. The number of carbonyl (C=O) groups excluding carboxylic acids is 1. The lowest BCUT2D eigenvalue weighted by Gasteiger charge is -2.07. The van der Waals surface area contributed by atoms with Crippen molar-refractivity contribution in [3.8, 4) is 0 Å². The van der Waals surface area contributed by atoms with E-state index >= 15 is 0 Å². The molecule has 2 aromatic carbocycles. The summed E-state index contributed by atoms with van der Waals surface area (Å²) in [4.78, 5) is 15.6. The fourth-order valence-electron chi connectivity index (χ4n) is 2.34. The van der Waals surface area contributed by atoms with Gasteiger partial charge in [-0.15, -0.1) is 5.10 Å². The average molecular weight is 339 g/mol. The Morgan fingerprint density at radius 3 is 2.36 bits per heavy atom. The summed E-state index contributed by atoms with van der Waals surface area (Å²) >= 11 is 0. The lowest BCUT2D eigenvalue weighted by atomic mass is 10.0. The molecule has 0 unspecified atom stereocenters. The Balaban J connectivity index is 1.56. The molecule has 1 amide bonds. The summed E-state index contributed by atoms with van der Waals surface area (Å²) in [6.07, 6.45) is 2.06. The standard InChI is InChI=1S/C17H17N5O3/c23-16(11-21-12-18-17(20-21)22(24)25)19-15-8-6-14(7-9-15)10-13-4-2-1-3-5-13/h1-9,12,24-25H,10-11H2,(H,19,23). The second-order valence-electron chi connectivity index (χ2n) is 5.44. The minimum absolute atomic E-state index is 0.0907. The van der Waals surface area contributed by atoms with Crippen LogP contribution in [0.5, 0.6) is 0 Å². The van der Waals surface area contributed by atoms with Gasteiger partial charge in [0.05, 0.1) is 0 Å². The van der Waals surface area contributed by atoms with E-state index < -0.39 is 0 Å². The molecule has 0 bridgehead atoms. The summed E-state index contributed by atoms with van der Waals surface area (Å²) in [6.45, 7) is -0.0907. The van der Waals surface area contributed by atoms with Gasteiger partial charge < -0.3 is 5.32 Å². The molecule has 0 atom stereocenters. The van der Waals surface area contributed by atoms with Gasteiger partial charge in [-0.2, -0.15) is 4.98 Å². The number of nitrogens with zero attached hydrogens (tertiary/aromatic N) is 4. The van der Waals surface area contributed by atoms with Crippen LogP contribution in [-0.2, 0) is 17.8 Å². The van der Waals surface area contributed by atoms with Gasteiger partial charge in [0.25, 0.3) is 5.95 Å². The Labute approximate surface area is 143 Å². The molecule has 25 heavy (non-hydrogen) atoms. The van der Waals surface area contributed by atoms with E-state index in [1.165, 1.54) is 16.6 Å². The largest absolute Gasteiger partial charge is 0.324 e. The third-order valence-corrected chi connectivity index (χ3v) is 3.50. The molecule has 0 aliphatic carbocycles. The van der Waals surface area contributed by atoms with E-state index in [-0.39, 0.29) is 23.6 Å². The van der Waals surface area contributed by atoms with Crippen molar-refractivity contribution >= 4 is 17.5 Å². The van der Waals surface area contributed by atoms with E-state index in [2.05, 4.69) is 27.5 Å². The fourth-order valence-corrected chi connectivity index (χ4v) is 2.34. The molecule has 0 fully saturated rings. The predicted molar refractivity (Wildman–Crippen MR) is 90.4 cm³/mol. The summed E-state index contributed by atoms with van der Waals surface area (Å²) in [5.74, 6) is -0.604. The number of hydrogen-bond donors (Lipinski definition) is 3. The molecule has 128 valence electrons. The SMILES string of the molecule is O=C(Cn1cnc(N(O)O)n1)Nc1ccc(Cc2ccccc2)cc1. The maximum atomic E-state index is 12.0. The number of aromatic nitrogens is 3. The first-order valence-electron chi connectivity index (χ1n) is 7.60. The van der Waals surface area contributed by atoms with Crippen LogP contribution in [-0.4, -0.2) is 31.1 Å². The zero-order valence-electron chi connectivity index (χ0n) is 13.3.